The Bertz CT molecular complexity index is 1190. The fraction of sp³-hybridized carbons (Fsp3) is 0.409. The van der Waals surface area contributed by atoms with Gasteiger partial charge >= 0.3 is 17.9 Å². The summed E-state index contributed by atoms with van der Waals surface area (Å²) in [6, 6.07) is 0.912. The smallest absolute Gasteiger partial charge is 0.303 e. The number of nitrogens with zero attached hydrogens (tertiary/aromatic N) is 4. The highest BCUT2D eigenvalue weighted by Gasteiger charge is 2.44. The molecule has 0 fully saturated rings. The summed E-state index contributed by atoms with van der Waals surface area (Å²) in [4.78, 5) is 68.5. The van der Waals surface area contributed by atoms with Crippen LogP contribution in [0.15, 0.2) is 30.2 Å². The maximum absolute atomic E-state index is 12.1. The van der Waals surface area contributed by atoms with Gasteiger partial charge in [-0.1, -0.05) is 6.08 Å². The standard InChI is InChI=1S/C22H24N4O8/c1-11(27)26(12(2)28)22-17-6-7-25(21(17)23-10-24-22)18-8-16(9-32-13(3)29)19(33-14(4)30)20(18)34-15(5)31/h6-8,10,18-20H,9H2,1-5H3/t18-,19-,20+/m1/s1. The summed E-state index contributed by atoms with van der Waals surface area (Å²) in [5.74, 6) is -2.69. The molecule has 0 spiro atoms. The molecule has 3 rings (SSSR count). The largest absolute Gasteiger partial charge is 0.461 e. The maximum Gasteiger partial charge on any atom is 0.303 e. The Labute approximate surface area is 194 Å². The molecular weight excluding hydrogens is 448 g/mol. The van der Waals surface area contributed by atoms with Crippen molar-refractivity contribution >= 4 is 46.6 Å². The van der Waals surface area contributed by atoms with Gasteiger partial charge in [0.1, 0.15) is 18.6 Å². The summed E-state index contributed by atoms with van der Waals surface area (Å²) in [6.07, 6.45) is 2.50. The Morgan fingerprint density at radius 2 is 1.59 bits per heavy atom. The van der Waals surface area contributed by atoms with Crippen LogP contribution in [0.4, 0.5) is 5.82 Å². The van der Waals surface area contributed by atoms with Gasteiger partial charge in [0.2, 0.25) is 11.8 Å². The van der Waals surface area contributed by atoms with E-state index in [1.54, 1.807) is 22.9 Å². The van der Waals surface area contributed by atoms with Gasteiger partial charge in [0.05, 0.1) is 11.4 Å². The number of fused-ring (bicyclic) bond motifs is 1. The van der Waals surface area contributed by atoms with Crippen molar-refractivity contribution in [3.8, 4) is 0 Å². The maximum atomic E-state index is 12.1. The van der Waals surface area contributed by atoms with E-state index in [2.05, 4.69) is 9.97 Å². The van der Waals surface area contributed by atoms with Crippen molar-refractivity contribution in [2.24, 2.45) is 0 Å². The van der Waals surface area contributed by atoms with Crippen LogP contribution in [-0.4, -0.2) is 63.1 Å². The van der Waals surface area contributed by atoms with Crippen molar-refractivity contribution in [3.63, 3.8) is 0 Å². The molecule has 1 aliphatic rings. The van der Waals surface area contributed by atoms with Gasteiger partial charge in [-0.05, 0) is 6.07 Å². The van der Waals surface area contributed by atoms with Gasteiger partial charge in [0.15, 0.2) is 18.0 Å². The molecule has 3 atom stereocenters. The molecule has 0 saturated carbocycles. The van der Waals surface area contributed by atoms with Crippen molar-refractivity contribution in [2.75, 3.05) is 11.5 Å². The van der Waals surface area contributed by atoms with Crippen molar-refractivity contribution < 1.29 is 38.2 Å². The number of hydrogen-bond acceptors (Lipinski definition) is 10. The normalized spacial score (nSPS) is 19.3. The van der Waals surface area contributed by atoms with E-state index in [0.29, 0.717) is 16.6 Å². The second-order valence-corrected chi connectivity index (χ2v) is 7.65. The second-order valence-electron chi connectivity index (χ2n) is 7.65. The number of carbonyl (C=O) groups is 5. The Balaban J connectivity index is 2.13. The van der Waals surface area contributed by atoms with E-state index < -0.39 is 48.0 Å². The zero-order chi connectivity index (χ0) is 25.2. The minimum atomic E-state index is -1.00. The topological polar surface area (TPSA) is 147 Å². The number of amides is 2. The van der Waals surface area contributed by atoms with E-state index >= 15 is 0 Å². The predicted octanol–water partition coefficient (Wildman–Crippen LogP) is 1.24. The van der Waals surface area contributed by atoms with E-state index in [4.69, 9.17) is 14.2 Å². The molecule has 0 unspecified atom stereocenters. The molecule has 0 saturated heterocycles. The predicted molar refractivity (Wildman–Crippen MR) is 116 cm³/mol. The molecule has 12 nitrogen and oxygen atoms in total. The summed E-state index contributed by atoms with van der Waals surface area (Å²) in [6.45, 7) is 5.98. The molecule has 0 N–H and O–H groups in total. The average molecular weight is 472 g/mol. The first-order chi connectivity index (χ1) is 16.0. The highest BCUT2D eigenvalue weighted by atomic mass is 16.6. The molecule has 0 aromatic carbocycles. The molecule has 1 aliphatic carbocycles. The fourth-order valence-corrected chi connectivity index (χ4v) is 3.89. The van der Waals surface area contributed by atoms with Crippen LogP contribution in [0, 0.1) is 0 Å². The lowest BCUT2D eigenvalue weighted by molar-refractivity contribution is -0.163. The molecule has 0 bridgehead atoms. The fourth-order valence-electron chi connectivity index (χ4n) is 3.89. The summed E-state index contributed by atoms with van der Waals surface area (Å²) < 4.78 is 17.7. The van der Waals surface area contributed by atoms with Gasteiger partial charge in [-0.2, -0.15) is 0 Å². The van der Waals surface area contributed by atoms with Gasteiger partial charge < -0.3 is 18.8 Å². The van der Waals surface area contributed by atoms with E-state index in [-0.39, 0.29) is 12.4 Å². The van der Waals surface area contributed by atoms with Crippen LogP contribution in [0.25, 0.3) is 11.0 Å². The lowest BCUT2D eigenvalue weighted by Crippen LogP contribution is -2.37. The second kappa shape index (κ2) is 9.81. The minimum absolute atomic E-state index is 0.103. The monoisotopic (exact) mass is 472 g/mol. The van der Waals surface area contributed by atoms with Crippen LogP contribution in [0.2, 0.25) is 0 Å². The van der Waals surface area contributed by atoms with E-state index in [0.717, 1.165) is 4.90 Å². The van der Waals surface area contributed by atoms with Crippen LogP contribution in [0.5, 0.6) is 0 Å². The first-order valence-electron chi connectivity index (χ1n) is 10.3. The number of rotatable bonds is 6. The van der Waals surface area contributed by atoms with E-state index in [1.807, 2.05) is 0 Å². The number of hydrogen-bond donors (Lipinski definition) is 0. The quantitative estimate of drug-likeness (QED) is 0.342. The Morgan fingerprint density at radius 1 is 0.941 bits per heavy atom. The van der Waals surface area contributed by atoms with Crippen LogP contribution in [0.3, 0.4) is 0 Å². The van der Waals surface area contributed by atoms with Gasteiger partial charge in [-0.3, -0.25) is 24.0 Å². The molecule has 2 heterocycles. The van der Waals surface area contributed by atoms with Crippen LogP contribution in [-0.2, 0) is 38.2 Å². The van der Waals surface area contributed by atoms with Crippen molar-refractivity contribution in [2.45, 2.75) is 52.9 Å². The van der Waals surface area contributed by atoms with E-state index in [9.17, 15) is 24.0 Å². The van der Waals surface area contributed by atoms with Crippen molar-refractivity contribution in [1.29, 1.82) is 0 Å². The van der Waals surface area contributed by atoms with Crippen molar-refractivity contribution in [3.05, 3.63) is 30.2 Å². The summed E-state index contributed by atoms with van der Waals surface area (Å²) in [5.41, 5.74) is 0.762. The molecule has 2 amide bonds. The summed E-state index contributed by atoms with van der Waals surface area (Å²) >= 11 is 0. The number of anilines is 1. The molecule has 2 aromatic rings. The highest BCUT2D eigenvalue weighted by molar-refractivity contribution is 6.16. The van der Waals surface area contributed by atoms with Crippen LogP contribution < -0.4 is 4.90 Å². The summed E-state index contributed by atoms with van der Waals surface area (Å²) in [5, 5.41) is 0.403. The van der Waals surface area contributed by atoms with Gasteiger partial charge in [-0.15, -0.1) is 0 Å². The number of ether oxygens (including phenoxy) is 3. The van der Waals surface area contributed by atoms with Crippen LogP contribution >= 0.6 is 0 Å². The van der Waals surface area contributed by atoms with Crippen LogP contribution in [0.1, 0.15) is 40.7 Å². The third-order valence-corrected chi connectivity index (χ3v) is 5.07. The van der Waals surface area contributed by atoms with Gasteiger partial charge in [0, 0.05) is 46.4 Å². The number of carbonyl (C=O) groups excluding carboxylic acids is 5. The molecule has 2 aromatic heterocycles. The lowest BCUT2D eigenvalue weighted by atomic mass is 10.1. The third-order valence-electron chi connectivity index (χ3n) is 5.07. The van der Waals surface area contributed by atoms with Gasteiger partial charge in [-0.25, -0.2) is 14.9 Å². The van der Waals surface area contributed by atoms with Gasteiger partial charge in [0.25, 0.3) is 0 Å². The SMILES string of the molecule is CC(=O)OCC1=C[C@@H](n2ccc3c(N(C(C)=O)C(C)=O)ncnc32)[C@H](OC(C)=O)[C@@H]1OC(C)=O. The minimum Gasteiger partial charge on any atom is -0.461 e. The average Bonchev–Trinajstić information content (AvgIpc) is 3.28. The molecule has 180 valence electrons. The number of aromatic nitrogens is 3. The zero-order valence-corrected chi connectivity index (χ0v) is 19.3. The molecule has 12 heteroatoms. The Kier molecular flexibility index (Phi) is 7.08. The first-order valence-corrected chi connectivity index (χ1v) is 10.3. The highest BCUT2D eigenvalue weighted by Crippen LogP contribution is 2.37. The number of esters is 3. The first kappa shape index (κ1) is 24.6. The molecule has 0 radical (unpaired) electrons. The molecule has 34 heavy (non-hydrogen) atoms. The molecular formula is C22H24N4O8. The van der Waals surface area contributed by atoms with E-state index in [1.165, 1.54) is 40.9 Å². The third kappa shape index (κ3) is 4.95. The van der Waals surface area contributed by atoms with Crippen molar-refractivity contribution in [1.82, 2.24) is 14.5 Å². The summed E-state index contributed by atoms with van der Waals surface area (Å²) in [7, 11) is 0. The molecule has 0 aliphatic heterocycles. The zero-order valence-electron chi connectivity index (χ0n) is 19.3. The Hall–Kier alpha value is -4.09. The number of imide groups is 1. The Morgan fingerprint density at radius 3 is 2.15 bits per heavy atom. The lowest BCUT2D eigenvalue weighted by Gasteiger charge is -2.27.